The SMILES string of the molecule is FC(F)(F)c1cn(CC2CCNCC2)c2ncnc(Br)c12. The molecule has 3 rings (SSSR count). The van der Waals surface area contributed by atoms with Crippen molar-refractivity contribution in [3.8, 4) is 0 Å². The van der Waals surface area contributed by atoms with Crippen LogP contribution in [0.1, 0.15) is 18.4 Å². The summed E-state index contributed by atoms with van der Waals surface area (Å²) >= 11 is 3.10. The van der Waals surface area contributed by atoms with Crippen LogP contribution in [0.5, 0.6) is 0 Å². The van der Waals surface area contributed by atoms with E-state index in [1.54, 1.807) is 4.57 Å². The van der Waals surface area contributed by atoms with E-state index in [0.717, 1.165) is 32.1 Å². The van der Waals surface area contributed by atoms with Gasteiger partial charge in [-0.15, -0.1) is 0 Å². The van der Waals surface area contributed by atoms with Gasteiger partial charge in [0.15, 0.2) is 0 Å². The molecular formula is C13H14BrF3N4. The first-order valence-corrected chi connectivity index (χ1v) is 7.53. The second-order valence-corrected chi connectivity index (χ2v) is 6.00. The molecular weight excluding hydrogens is 349 g/mol. The Hall–Kier alpha value is -1.15. The first-order valence-electron chi connectivity index (χ1n) is 6.74. The van der Waals surface area contributed by atoms with Crippen LogP contribution in [0, 0.1) is 5.92 Å². The third kappa shape index (κ3) is 2.91. The summed E-state index contributed by atoms with van der Waals surface area (Å²) in [7, 11) is 0. The normalized spacial score (nSPS) is 17.5. The highest BCUT2D eigenvalue weighted by Crippen LogP contribution is 2.38. The fourth-order valence-corrected chi connectivity index (χ4v) is 3.27. The van der Waals surface area contributed by atoms with E-state index in [4.69, 9.17) is 0 Å². The molecule has 0 aromatic carbocycles. The van der Waals surface area contributed by atoms with Crippen LogP contribution in [-0.2, 0) is 12.7 Å². The van der Waals surface area contributed by atoms with Crippen LogP contribution in [-0.4, -0.2) is 27.6 Å². The molecule has 1 aliphatic rings. The van der Waals surface area contributed by atoms with Crippen LogP contribution in [0.25, 0.3) is 11.0 Å². The van der Waals surface area contributed by atoms with Crippen LogP contribution in [0.4, 0.5) is 13.2 Å². The second-order valence-electron chi connectivity index (χ2n) is 5.25. The monoisotopic (exact) mass is 362 g/mol. The molecule has 2 aromatic heterocycles. The van der Waals surface area contributed by atoms with Crippen molar-refractivity contribution in [3.63, 3.8) is 0 Å². The Morgan fingerprint density at radius 1 is 1.29 bits per heavy atom. The lowest BCUT2D eigenvalue weighted by atomic mass is 9.98. The standard InChI is InChI=1S/C13H14BrF3N4/c14-11-10-9(13(15,16)17)6-21(12(10)20-7-19-11)5-8-1-3-18-4-2-8/h6-8,18H,1-5H2. The highest BCUT2D eigenvalue weighted by molar-refractivity contribution is 9.10. The summed E-state index contributed by atoms with van der Waals surface area (Å²) in [6.07, 6.45) is -0.0386. The zero-order valence-electron chi connectivity index (χ0n) is 11.1. The highest BCUT2D eigenvalue weighted by atomic mass is 79.9. The predicted octanol–water partition coefficient (Wildman–Crippen LogP) is 3.21. The van der Waals surface area contributed by atoms with Crippen molar-refractivity contribution in [2.75, 3.05) is 13.1 Å². The van der Waals surface area contributed by atoms with Crippen LogP contribution in [0.15, 0.2) is 17.1 Å². The molecule has 3 heterocycles. The Morgan fingerprint density at radius 3 is 2.67 bits per heavy atom. The smallest absolute Gasteiger partial charge is 0.331 e. The van der Waals surface area contributed by atoms with E-state index < -0.39 is 11.7 Å². The van der Waals surface area contributed by atoms with E-state index in [1.807, 2.05) is 0 Å². The second kappa shape index (κ2) is 5.57. The maximum Gasteiger partial charge on any atom is 0.418 e. The van der Waals surface area contributed by atoms with Crippen LogP contribution >= 0.6 is 15.9 Å². The third-order valence-electron chi connectivity index (χ3n) is 3.83. The van der Waals surface area contributed by atoms with Crippen molar-refractivity contribution in [1.82, 2.24) is 19.9 Å². The number of halogens is 4. The summed E-state index contributed by atoms with van der Waals surface area (Å²) in [5, 5.41) is 3.29. The average molecular weight is 363 g/mol. The summed E-state index contributed by atoms with van der Waals surface area (Å²) in [5.74, 6) is 0.372. The Bertz CT molecular complexity index is 647. The van der Waals surface area contributed by atoms with Gasteiger partial charge in [0.1, 0.15) is 16.6 Å². The van der Waals surface area contributed by atoms with Crippen molar-refractivity contribution in [1.29, 1.82) is 0 Å². The predicted molar refractivity (Wildman–Crippen MR) is 75.8 cm³/mol. The van der Waals surface area contributed by atoms with Gasteiger partial charge in [-0.05, 0) is 47.8 Å². The fourth-order valence-electron chi connectivity index (χ4n) is 2.78. The number of nitrogens with zero attached hydrogens (tertiary/aromatic N) is 3. The molecule has 0 bridgehead atoms. The Kier molecular flexibility index (Phi) is 3.92. The molecule has 21 heavy (non-hydrogen) atoms. The van der Waals surface area contributed by atoms with Gasteiger partial charge in [0.2, 0.25) is 0 Å². The van der Waals surface area contributed by atoms with Gasteiger partial charge in [0.05, 0.1) is 10.9 Å². The molecule has 1 fully saturated rings. The van der Waals surface area contributed by atoms with Gasteiger partial charge in [0, 0.05) is 12.7 Å². The fraction of sp³-hybridized carbons (Fsp3) is 0.538. The van der Waals surface area contributed by atoms with Crippen molar-refractivity contribution < 1.29 is 13.2 Å². The lowest BCUT2D eigenvalue weighted by Crippen LogP contribution is -2.29. The lowest BCUT2D eigenvalue weighted by molar-refractivity contribution is -0.136. The number of piperidine rings is 1. The minimum absolute atomic E-state index is 0.0407. The van der Waals surface area contributed by atoms with Crippen molar-refractivity contribution >= 4 is 27.0 Å². The highest BCUT2D eigenvalue weighted by Gasteiger charge is 2.36. The van der Waals surface area contributed by atoms with Crippen LogP contribution < -0.4 is 5.32 Å². The molecule has 0 spiro atoms. The first-order chi connectivity index (χ1) is 9.97. The number of hydrogen-bond acceptors (Lipinski definition) is 3. The van der Waals surface area contributed by atoms with Gasteiger partial charge in [-0.1, -0.05) is 0 Å². The number of rotatable bonds is 2. The maximum absolute atomic E-state index is 13.2. The molecule has 1 aliphatic heterocycles. The summed E-state index contributed by atoms with van der Waals surface area (Å²) in [6, 6.07) is 0. The lowest BCUT2D eigenvalue weighted by Gasteiger charge is -2.23. The summed E-state index contributed by atoms with van der Waals surface area (Å²) in [6.45, 7) is 2.38. The zero-order valence-corrected chi connectivity index (χ0v) is 12.7. The van der Waals surface area contributed by atoms with Gasteiger partial charge in [-0.25, -0.2) is 9.97 Å². The van der Waals surface area contributed by atoms with Crippen molar-refractivity contribution in [3.05, 3.63) is 22.7 Å². The van der Waals surface area contributed by atoms with E-state index in [9.17, 15) is 13.2 Å². The van der Waals surface area contributed by atoms with Crippen LogP contribution in [0.2, 0.25) is 0 Å². The Labute approximate surface area is 127 Å². The topological polar surface area (TPSA) is 42.7 Å². The van der Waals surface area contributed by atoms with Gasteiger partial charge in [-0.3, -0.25) is 0 Å². The maximum atomic E-state index is 13.2. The van der Waals surface area contributed by atoms with E-state index in [2.05, 4.69) is 31.2 Å². The van der Waals surface area contributed by atoms with E-state index in [0.29, 0.717) is 18.1 Å². The molecule has 1 N–H and O–H groups in total. The Balaban J connectivity index is 2.04. The molecule has 0 atom stereocenters. The molecule has 0 radical (unpaired) electrons. The summed E-state index contributed by atoms with van der Waals surface area (Å²) in [5.41, 5.74) is -0.346. The molecule has 4 nitrogen and oxygen atoms in total. The Morgan fingerprint density at radius 2 is 2.00 bits per heavy atom. The summed E-state index contributed by atoms with van der Waals surface area (Å²) < 4.78 is 41.4. The van der Waals surface area contributed by atoms with Crippen molar-refractivity contribution in [2.24, 2.45) is 5.92 Å². The van der Waals surface area contributed by atoms with Crippen LogP contribution in [0.3, 0.4) is 0 Å². The molecule has 0 aliphatic carbocycles. The van der Waals surface area contributed by atoms with E-state index >= 15 is 0 Å². The van der Waals surface area contributed by atoms with E-state index in [-0.39, 0.29) is 9.99 Å². The van der Waals surface area contributed by atoms with Gasteiger partial charge in [-0.2, -0.15) is 13.2 Å². The molecule has 0 amide bonds. The molecule has 0 saturated carbocycles. The minimum atomic E-state index is -4.41. The van der Waals surface area contributed by atoms with Gasteiger partial charge < -0.3 is 9.88 Å². The molecule has 1 saturated heterocycles. The third-order valence-corrected chi connectivity index (χ3v) is 4.43. The molecule has 2 aromatic rings. The number of nitrogens with one attached hydrogen (secondary N) is 1. The summed E-state index contributed by atoms with van der Waals surface area (Å²) in [4.78, 5) is 7.87. The first kappa shape index (κ1) is 14.8. The number of hydrogen-bond donors (Lipinski definition) is 1. The number of aromatic nitrogens is 3. The largest absolute Gasteiger partial charge is 0.418 e. The van der Waals surface area contributed by atoms with Gasteiger partial charge >= 0.3 is 6.18 Å². The van der Waals surface area contributed by atoms with Crippen molar-refractivity contribution in [2.45, 2.75) is 25.6 Å². The quantitative estimate of drug-likeness (QED) is 0.834. The molecule has 8 heteroatoms. The molecule has 114 valence electrons. The number of fused-ring (bicyclic) bond motifs is 1. The van der Waals surface area contributed by atoms with E-state index in [1.165, 1.54) is 6.33 Å². The zero-order chi connectivity index (χ0) is 15.0. The van der Waals surface area contributed by atoms with Gasteiger partial charge in [0.25, 0.3) is 0 Å². The molecule has 0 unspecified atom stereocenters. The average Bonchev–Trinajstić information content (AvgIpc) is 2.80. The minimum Gasteiger partial charge on any atom is -0.331 e. The number of alkyl halides is 3.